The number of amides is 1. The van der Waals surface area contributed by atoms with Crippen LogP contribution in [0.2, 0.25) is 0 Å². The molecule has 22 heavy (non-hydrogen) atoms. The SMILES string of the molecule is CCCC(C)C(=O)NC(CC(=O)OC(C)C)c1ccccc1. The van der Waals surface area contributed by atoms with Crippen LogP contribution < -0.4 is 5.32 Å². The molecule has 0 aliphatic carbocycles. The number of benzene rings is 1. The van der Waals surface area contributed by atoms with Crippen molar-refractivity contribution in [2.75, 3.05) is 0 Å². The fourth-order valence-corrected chi connectivity index (χ4v) is 2.29. The Hall–Kier alpha value is -1.84. The lowest BCUT2D eigenvalue weighted by molar-refractivity contribution is -0.148. The van der Waals surface area contributed by atoms with Crippen molar-refractivity contribution in [3.05, 3.63) is 35.9 Å². The molecular weight excluding hydrogens is 278 g/mol. The molecule has 0 fully saturated rings. The zero-order valence-electron chi connectivity index (χ0n) is 14.0. The Bertz CT molecular complexity index is 470. The Morgan fingerprint density at radius 2 is 1.77 bits per heavy atom. The molecule has 0 radical (unpaired) electrons. The maximum Gasteiger partial charge on any atom is 0.308 e. The van der Waals surface area contributed by atoms with Crippen LogP contribution in [0.4, 0.5) is 0 Å². The third-order valence-corrected chi connectivity index (χ3v) is 3.43. The molecule has 0 heterocycles. The summed E-state index contributed by atoms with van der Waals surface area (Å²) in [6.45, 7) is 7.60. The maximum absolute atomic E-state index is 12.3. The average molecular weight is 305 g/mol. The summed E-state index contributed by atoms with van der Waals surface area (Å²) in [5, 5.41) is 2.98. The zero-order valence-corrected chi connectivity index (χ0v) is 14.0. The zero-order chi connectivity index (χ0) is 16.5. The number of rotatable bonds is 8. The molecule has 0 aliphatic heterocycles. The lowest BCUT2D eigenvalue weighted by atomic mass is 10.0. The number of ether oxygens (including phenoxy) is 1. The highest BCUT2D eigenvalue weighted by Gasteiger charge is 2.22. The van der Waals surface area contributed by atoms with Gasteiger partial charge in [-0.15, -0.1) is 0 Å². The van der Waals surface area contributed by atoms with Crippen LogP contribution in [0.1, 0.15) is 58.6 Å². The first-order valence-electron chi connectivity index (χ1n) is 7.98. The molecule has 2 unspecified atom stereocenters. The van der Waals surface area contributed by atoms with E-state index in [2.05, 4.69) is 12.2 Å². The summed E-state index contributed by atoms with van der Waals surface area (Å²) >= 11 is 0. The van der Waals surface area contributed by atoms with Gasteiger partial charge in [-0.25, -0.2) is 0 Å². The summed E-state index contributed by atoms with van der Waals surface area (Å²) in [5.74, 6) is -0.377. The molecule has 1 aromatic rings. The van der Waals surface area contributed by atoms with Crippen molar-refractivity contribution in [3.63, 3.8) is 0 Å². The van der Waals surface area contributed by atoms with Crippen molar-refractivity contribution in [2.24, 2.45) is 5.92 Å². The van der Waals surface area contributed by atoms with E-state index in [1.165, 1.54) is 0 Å². The maximum atomic E-state index is 12.3. The molecule has 0 bridgehead atoms. The van der Waals surface area contributed by atoms with E-state index in [0.29, 0.717) is 0 Å². The smallest absolute Gasteiger partial charge is 0.308 e. The summed E-state index contributed by atoms with van der Waals surface area (Å²) in [7, 11) is 0. The molecule has 4 nitrogen and oxygen atoms in total. The van der Waals surface area contributed by atoms with Gasteiger partial charge in [0.05, 0.1) is 18.6 Å². The minimum atomic E-state index is -0.348. The van der Waals surface area contributed by atoms with Gasteiger partial charge in [-0.1, -0.05) is 50.6 Å². The minimum absolute atomic E-state index is 0.0203. The molecule has 0 aromatic heterocycles. The lowest BCUT2D eigenvalue weighted by Gasteiger charge is -2.21. The summed E-state index contributed by atoms with van der Waals surface area (Å²) in [5.41, 5.74) is 0.917. The first kappa shape index (κ1) is 18.2. The van der Waals surface area contributed by atoms with Crippen molar-refractivity contribution in [2.45, 2.75) is 59.1 Å². The number of esters is 1. The third kappa shape index (κ3) is 6.29. The number of carbonyl (C=O) groups excluding carboxylic acids is 2. The van der Waals surface area contributed by atoms with Crippen LogP contribution in [-0.4, -0.2) is 18.0 Å². The second-order valence-electron chi connectivity index (χ2n) is 5.90. The van der Waals surface area contributed by atoms with Crippen LogP contribution in [0.15, 0.2) is 30.3 Å². The topological polar surface area (TPSA) is 55.4 Å². The van der Waals surface area contributed by atoms with Crippen molar-refractivity contribution in [1.82, 2.24) is 5.32 Å². The second-order valence-corrected chi connectivity index (χ2v) is 5.90. The van der Waals surface area contributed by atoms with E-state index in [4.69, 9.17) is 4.74 Å². The minimum Gasteiger partial charge on any atom is -0.463 e. The molecule has 4 heteroatoms. The lowest BCUT2D eigenvalue weighted by Crippen LogP contribution is -2.34. The van der Waals surface area contributed by atoms with E-state index in [1.54, 1.807) is 0 Å². The normalized spacial score (nSPS) is 13.5. The standard InChI is InChI=1S/C18H27NO3/c1-5-9-14(4)18(21)19-16(12-17(20)22-13(2)3)15-10-7-6-8-11-15/h6-8,10-11,13-14,16H,5,9,12H2,1-4H3,(H,19,21). The van der Waals surface area contributed by atoms with Crippen molar-refractivity contribution < 1.29 is 14.3 Å². The fourth-order valence-electron chi connectivity index (χ4n) is 2.29. The predicted molar refractivity (Wildman–Crippen MR) is 87.2 cm³/mol. The molecule has 0 saturated carbocycles. The molecule has 122 valence electrons. The van der Waals surface area contributed by atoms with Gasteiger partial charge in [-0.3, -0.25) is 9.59 Å². The molecular formula is C18H27NO3. The van der Waals surface area contributed by atoms with Gasteiger partial charge >= 0.3 is 5.97 Å². The predicted octanol–water partition coefficient (Wildman–Crippen LogP) is 3.62. The van der Waals surface area contributed by atoms with Gasteiger partial charge in [0.25, 0.3) is 0 Å². The van der Waals surface area contributed by atoms with Crippen LogP contribution >= 0.6 is 0 Å². The Labute approximate surface area is 133 Å². The van der Waals surface area contributed by atoms with Gasteiger partial charge in [0.15, 0.2) is 0 Å². The van der Waals surface area contributed by atoms with E-state index >= 15 is 0 Å². The fraction of sp³-hybridized carbons (Fsp3) is 0.556. The van der Waals surface area contributed by atoms with Gasteiger partial charge in [0, 0.05) is 5.92 Å². The van der Waals surface area contributed by atoms with Crippen LogP contribution in [0.25, 0.3) is 0 Å². The number of nitrogens with one attached hydrogen (secondary N) is 1. The van der Waals surface area contributed by atoms with E-state index in [-0.39, 0.29) is 36.4 Å². The van der Waals surface area contributed by atoms with E-state index in [9.17, 15) is 9.59 Å². The molecule has 1 rings (SSSR count). The second kappa shape index (κ2) is 9.23. The summed E-state index contributed by atoms with van der Waals surface area (Å²) < 4.78 is 5.20. The molecule has 1 amide bonds. The molecule has 0 saturated heterocycles. The molecule has 0 aliphatic rings. The quantitative estimate of drug-likeness (QED) is 0.746. The van der Waals surface area contributed by atoms with Crippen molar-refractivity contribution in [3.8, 4) is 0 Å². The van der Waals surface area contributed by atoms with Crippen LogP contribution in [-0.2, 0) is 14.3 Å². The summed E-state index contributed by atoms with van der Waals surface area (Å²) in [6.07, 6.45) is 1.79. The number of hydrogen-bond acceptors (Lipinski definition) is 3. The van der Waals surface area contributed by atoms with Gasteiger partial charge < -0.3 is 10.1 Å². The van der Waals surface area contributed by atoms with Crippen LogP contribution in [0.3, 0.4) is 0 Å². The molecule has 1 aromatic carbocycles. The van der Waals surface area contributed by atoms with E-state index < -0.39 is 0 Å². The largest absolute Gasteiger partial charge is 0.463 e. The highest BCUT2D eigenvalue weighted by molar-refractivity contribution is 5.80. The van der Waals surface area contributed by atoms with Crippen LogP contribution in [0.5, 0.6) is 0 Å². The summed E-state index contributed by atoms with van der Waals surface area (Å²) in [6, 6.07) is 9.19. The molecule has 1 N–H and O–H groups in total. The highest BCUT2D eigenvalue weighted by atomic mass is 16.5. The van der Waals surface area contributed by atoms with Crippen molar-refractivity contribution >= 4 is 11.9 Å². The highest BCUT2D eigenvalue weighted by Crippen LogP contribution is 2.19. The molecule has 0 spiro atoms. The Kier molecular flexibility index (Phi) is 7.64. The number of carbonyl (C=O) groups is 2. The first-order valence-corrected chi connectivity index (χ1v) is 7.98. The van der Waals surface area contributed by atoms with E-state index in [0.717, 1.165) is 18.4 Å². The van der Waals surface area contributed by atoms with Gasteiger partial charge in [-0.2, -0.15) is 0 Å². The van der Waals surface area contributed by atoms with E-state index in [1.807, 2.05) is 51.1 Å². The van der Waals surface area contributed by atoms with Crippen molar-refractivity contribution in [1.29, 1.82) is 0 Å². The first-order chi connectivity index (χ1) is 10.4. The summed E-state index contributed by atoms with van der Waals surface area (Å²) in [4.78, 5) is 24.2. The average Bonchev–Trinajstić information content (AvgIpc) is 2.46. The van der Waals surface area contributed by atoms with Crippen LogP contribution in [0, 0.1) is 5.92 Å². The Morgan fingerprint density at radius 3 is 2.32 bits per heavy atom. The van der Waals surface area contributed by atoms with Gasteiger partial charge in [-0.05, 0) is 25.8 Å². The third-order valence-electron chi connectivity index (χ3n) is 3.43. The van der Waals surface area contributed by atoms with Gasteiger partial charge in [0.2, 0.25) is 5.91 Å². The monoisotopic (exact) mass is 305 g/mol. The molecule has 2 atom stereocenters. The van der Waals surface area contributed by atoms with Gasteiger partial charge in [0.1, 0.15) is 0 Å². The number of hydrogen-bond donors (Lipinski definition) is 1. The Morgan fingerprint density at radius 1 is 1.14 bits per heavy atom. The Balaban J connectivity index is 2.79.